The van der Waals surface area contributed by atoms with Gasteiger partial charge in [-0.05, 0) is 86.5 Å². The number of aliphatic imine (C=N–C) groups is 1. The van der Waals surface area contributed by atoms with E-state index in [2.05, 4.69) is 35.6 Å². The van der Waals surface area contributed by atoms with Gasteiger partial charge in [0.1, 0.15) is 0 Å². The van der Waals surface area contributed by atoms with E-state index in [-0.39, 0.29) is 0 Å². The first-order chi connectivity index (χ1) is 11.7. The van der Waals surface area contributed by atoms with Crippen LogP contribution >= 0.6 is 0 Å². The van der Waals surface area contributed by atoms with Gasteiger partial charge in [-0.1, -0.05) is 6.92 Å². The topological polar surface area (TPSA) is 40.2 Å². The van der Waals surface area contributed by atoms with Gasteiger partial charge in [0.05, 0.1) is 17.1 Å². The standard InChI is InChI=1S/C21H27N3/c1-2-17-9-18(24-20(17)19-4-3-5-22-19)13-23-21-10-14-6-15(11-21)8-16(7-14)12-21/h3-5,9,13-16,22-23H,2,6-8,10-12H2,1H3/b18-13+. The lowest BCUT2D eigenvalue weighted by Crippen LogP contribution is -2.56. The summed E-state index contributed by atoms with van der Waals surface area (Å²) in [6.07, 6.45) is 16.1. The molecule has 4 saturated carbocycles. The second kappa shape index (κ2) is 5.37. The summed E-state index contributed by atoms with van der Waals surface area (Å²) < 4.78 is 0. The third kappa shape index (κ3) is 2.37. The van der Waals surface area contributed by atoms with Crippen LogP contribution in [0.1, 0.15) is 57.6 Å². The molecule has 2 N–H and O–H groups in total. The van der Waals surface area contributed by atoms with Crippen molar-refractivity contribution in [2.75, 3.05) is 0 Å². The molecule has 6 rings (SSSR count). The highest BCUT2D eigenvalue weighted by molar-refractivity contribution is 6.14. The highest BCUT2D eigenvalue weighted by Gasteiger charge is 2.50. The van der Waals surface area contributed by atoms with E-state index in [0.717, 1.165) is 41.3 Å². The SMILES string of the molecule is CCC1=C/C(=C\NC23CC4CC(CC(C4)C2)C3)N=C1c1ccc[nH]1. The van der Waals surface area contributed by atoms with E-state index in [1.54, 1.807) is 0 Å². The van der Waals surface area contributed by atoms with Crippen molar-refractivity contribution < 1.29 is 0 Å². The molecule has 4 aliphatic carbocycles. The van der Waals surface area contributed by atoms with Gasteiger partial charge in [0.2, 0.25) is 0 Å². The Morgan fingerprint density at radius 3 is 2.50 bits per heavy atom. The highest BCUT2D eigenvalue weighted by atomic mass is 15.0. The van der Waals surface area contributed by atoms with Crippen LogP contribution in [-0.2, 0) is 0 Å². The Hall–Kier alpha value is -1.77. The monoisotopic (exact) mass is 321 g/mol. The predicted octanol–water partition coefficient (Wildman–Crippen LogP) is 4.55. The summed E-state index contributed by atoms with van der Waals surface area (Å²) >= 11 is 0. The molecule has 0 atom stereocenters. The van der Waals surface area contributed by atoms with Crippen molar-refractivity contribution in [3.63, 3.8) is 0 Å². The molecular weight excluding hydrogens is 294 g/mol. The van der Waals surface area contributed by atoms with Crippen molar-refractivity contribution in [2.24, 2.45) is 22.7 Å². The summed E-state index contributed by atoms with van der Waals surface area (Å²) in [5, 5.41) is 3.86. The quantitative estimate of drug-likeness (QED) is 0.839. The molecule has 2 heterocycles. The summed E-state index contributed by atoms with van der Waals surface area (Å²) in [5.41, 5.74) is 5.03. The van der Waals surface area contributed by atoms with Crippen LogP contribution in [-0.4, -0.2) is 16.2 Å². The number of hydrogen-bond acceptors (Lipinski definition) is 2. The Labute approximate surface area is 144 Å². The fourth-order valence-corrected chi connectivity index (χ4v) is 6.05. The maximum Gasteiger partial charge on any atom is 0.0904 e. The maximum absolute atomic E-state index is 4.89. The Balaban J connectivity index is 1.38. The van der Waals surface area contributed by atoms with Gasteiger partial charge in [0, 0.05) is 17.9 Å². The van der Waals surface area contributed by atoms with Crippen LogP contribution in [0.15, 0.2) is 46.9 Å². The minimum atomic E-state index is 0.368. The normalized spacial score (nSPS) is 38.5. The molecule has 126 valence electrons. The molecule has 0 radical (unpaired) electrons. The molecule has 0 aromatic carbocycles. The van der Waals surface area contributed by atoms with Gasteiger partial charge in [0.25, 0.3) is 0 Å². The van der Waals surface area contributed by atoms with Crippen LogP contribution in [0.2, 0.25) is 0 Å². The summed E-state index contributed by atoms with van der Waals surface area (Å²) in [6, 6.07) is 4.15. The van der Waals surface area contributed by atoms with E-state index in [4.69, 9.17) is 4.99 Å². The zero-order valence-corrected chi connectivity index (χ0v) is 14.5. The molecule has 3 nitrogen and oxygen atoms in total. The first-order valence-electron chi connectivity index (χ1n) is 9.64. The zero-order chi connectivity index (χ0) is 16.1. The van der Waals surface area contributed by atoms with Crippen LogP contribution in [0.5, 0.6) is 0 Å². The predicted molar refractivity (Wildman–Crippen MR) is 97.8 cm³/mol. The number of aromatic amines is 1. The van der Waals surface area contributed by atoms with Crippen molar-refractivity contribution in [1.29, 1.82) is 0 Å². The number of rotatable bonds is 4. The zero-order valence-electron chi connectivity index (χ0n) is 14.5. The molecule has 0 saturated heterocycles. The third-order valence-electron chi connectivity index (χ3n) is 6.67. The number of hydrogen-bond donors (Lipinski definition) is 2. The molecule has 0 unspecified atom stereocenters. The van der Waals surface area contributed by atoms with E-state index in [9.17, 15) is 0 Å². The van der Waals surface area contributed by atoms with Crippen LogP contribution in [0, 0.1) is 17.8 Å². The average Bonchev–Trinajstić information content (AvgIpc) is 3.21. The lowest BCUT2D eigenvalue weighted by molar-refractivity contribution is -0.0130. The van der Waals surface area contributed by atoms with Gasteiger partial charge in [-0.15, -0.1) is 0 Å². The van der Waals surface area contributed by atoms with Gasteiger partial charge >= 0.3 is 0 Å². The molecule has 3 heteroatoms. The van der Waals surface area contributed by atoms with Gasteiger partial charge in [-0.3, -0.25) is 0 Å². The summed E-state index contributed by atoms with van der Waals surface area (Å²) in [7, 11) is 0. The number of nitrogens with one attached hydrogen (secondary N) is 2. The third-order valence-corrected chi connectivity index (χ3v) is 6.67. The fourth-order valence-electron chi connectivity index (χ4n) is 6.05. The molecule has 1 aromatic heterocycles. The average molecular weight is 321 g/mol. The second-order valence-electron chi connectivity index (χ2n) is 8.48. The molecule has 0 amide bonds. The van der Waals surface area contributed by atoms with Crippen molar-refractivity contribution in [2.45, 2.75) is 57.4 Å². The lowest BCUT2D eigenvalue weighted by atomic mass is 9.53. The molecule has 5 aliphatic rings. The van der Waals surface area contributed by atoms with E-state index in [1.165, 1.54) is 44.1 Å². The maximum atomic E-state index is 4.89. The first kappa shape index (κ1) is 14.6. The summed E-state index contributed by atoms with van der Waals surface area (Å²) in [5.74, 6) is 2.93. The smallest absolute Gasteiger partial charge is 0.0904 e. The van der Waals surface area contributed by atoms with Gasteiger partial charge in [-0.2, -0.15) is 0 Å². The molecule has 0 spiro atoms. The van der Waals surface area contributed by atoms with E-state index < -0.39 is 0 Å². The van der Waals surface area contributed by atoms with E-state index >= 15 is 0 Å². The molecule has 4 fully saturated rings. The van der Waals surface area contributed by atoms with Crippen molar-refractivity contribution in [3.8, 4) is 0 Å². The van der Waals surface area contributed by atoms with E-state index in [0.29, 0.717) is 5.54 Å². The van der Waals surface area contributed by atoms with Crippen molar-refractivity contribution in [3.05, 3.63) is 47.6 Å². The minimum absolute atomic E-state index is 0.368. The Morgan fingerprint density at radius 2 is 1.92 bits per heavy atom. The Morgan fingerprint density at radius 1 is 1.21 bits per heavy atom. The van der Waals surface area contributed by atoms with Gasteiger partial charge in [-0.25, -0.2) is 4.99 Å². The van der Waals surface area contributed by atoms with Crippen molar-refractivity contribution >= 4 is 5.71 Å². The summed E-state index contributed by atoms with van der Waals surface area (Å²) in [4.78, 5) is 8.19. The lowest BCUT2D eigenvalue weighted by Gasteiger charge is -2.56. The highest BCUT2D eigenvalue weighted by Crippen LogP contribution is 2.55. The second-order valence-corrected chi connectivity index (χ2v) is 8.48. The largest absolute Gasteiger partial charge is 0.384 e. The van der Waals surface area contributed by atoms with E-state index in [1.807, 2.05) is 12.3 Å². The molecule has 1 aromatic rings. The fraction of sp³-hybridized carbons (Fsp3) is 0.571. The molecule has 4 bridgehead atoms. The van der Waals surface area contributed by atoms with Gasteiger partial charge < -0.3 is 10.3 Å². The number of aromatic nitrogens is 1. The van der Waals surface area contributed by atoms with Crippen LogP contribution in [0.25, 0.3) is 0 Å². The van der Waals surface area contributed by atoms with Crippen molar-refractivity contribution in [1.82, 2.24) is 10.3 Å². The number of nitrogens with zero attached hydrogens (tertiary/aromatic N) is 1. The molecule has 24 heavy (non-hydrogen) atoms. The van der Waals surface area contributed by atoms with Gasteiger partial charge in [0.15, 0.2) is 0 Å². The minimum Gasteiger partial charge on any atom is -0.384 e. The van der Waals surface area contributed by atoms with Crippen LogP contribution in [0.3, 0.4) is 0 Å². The van der Waals surface area contributed by atoms with Crippen LogP contribution in [0.4, 0.5) is 0 Å². The number of allylic oxidation sites excluding steroid dienone is 2. The first-order valence-corrected chi connectivity index (χ1v) is 9.64. The Bertz CT molecular complexity index is 685. The molecule has 1 aliphatic heterocycles. The molecular formula is C21H27N3. The van der Waals surface area contributed by atoms with Crippen LogP contribution < -0.4 is 5.32 Å². The Kier molecular flexibility index (Phi) is 3.26. The number of H-pyrrole nitrogens is 1. The summed E-state index contributed by atoms with van der Waals surface area (Å²) in [6.45, 7) is 2.21.